The zero-order valence-electron chi connectivity index (χ0n) is 16.1. The van der Waals surface area contributed by atoms with Gasteiger partial charge in [0.15, 0.2) is 6.61 Å². The lowest BCUT2D eigenvalue weighted by atomic mass is 10.2. The Morgan fingerprint density at radius 3 is 2.52 bits per heavy atom. The number of aryl methyl sites for hydroxylation is 1. The van der Waals surface area contributed by atoms with Gasteiger partial charge in [0.25, 0.3) is 5.91 Å². The fraction of sp³-hybridized carbons (Fsp3) is 0.476. The summed E-state index contributed by atoms with van der Waals surface area (Å²) in [5.41, 5.74) is 3.22. The van der Waals surface area contributed by atoms with E-state index in [1.165, 1.54) is 0 Å². The molecule has 2 aromatic rings. The number of carbonyl (C=O) groups excluding carboxylic acids is 2. The minimum Gasteiger partial charge on any atom is -0.452 e. The Kier molecular flexibility index (Phi) is 6.27. The number of nitrogens with zero attached hydrogens (tertiary/aromatic N) is 3. The Hall–Kier alpha value is -2.63. The first-order valence-corrected chi connectivity index (χ1v) is 9.58. The lowest BCUT2D eigenvalue weighted by Crippen LogP contribution is -2.35. The van der Waals surface area contributed by atoms with Crippen molar-refractivity contribution >= 4 is 11.9 Å². The molecule has 1 saturated heterocycles. The van der Waals surface area contributed by atoms with Crippen molar-refractivity contribution in [1.29, 1.82) is 0 Å². The van der Waals surface area contributed by atoms with Crippen molar-refractivity contribution in [3.63, 3.8) is 0 Å². The number of esters is 1. The van der Waals surface area contributed by atoms with Crippen LogP contribution in [0.5, 0.6) is 0 Å². The predicted octanol–water partition coefficient (Wildman–Crippen LogP) is 3.11. The zero-order chi connectivity index (χ0) is 19.2. The van der Waals surface area contributed by atoms with Crippen LogP contribution in [0, 0.1) is 13.8 Å². The number of ether oxygens (including phenoxy) is 1. The molecule has 0 aromatic carbocycles. The van der Waals surface area contributed by atoms with Gasteiger partial charge < -0.3 is 14.2 Å². The van der Waals surface area contributed by atoms with Gasteiger partial charge in [-0.2, -0.15) is 0 Å². The molecular weight excluding hydrogens is 342 g/mol. The summed E-state index contributed by atoms with van der Waals surface area (Å²) in [5, 5.41) is 0. The topological polar surface area (TPSA) is 64.4 Å². The highest BCUT2D eigenvalue weighted by atomic mass is 16.5. The largest absolute Gasteiger partial charge is 0.452 e. The van der Waals surface area contributed by atoms with Gasteiger partial charge in [-0.3, -0.25) is 9.78 Å². The molecule has 27 heavy (non-hydrogen) atoms. The molecule has 0 saturated carbocycles. The summed E-state index contributed by atoms with van der Waals surface area (Å²) in [5.74, 6) is -0.550. The van der Waals surface area contributed by atoms with Crippen LogP contribution >= 0.6 is 0 Å². The molecule has 2 aromatic heterocycles. The Morgan fingerprint density at radius 2 is 1.85 bits per heavy atom. The second kappa shape index (κ2) is 8.84. The SMILES string of the molecule is Cc1cc(C(=O)OCC(=O)N2CCCCCC2)c(C)n1Cc1ccccn1. The van der Waals surface area contributed by atoms with Crippen LogP contribution in [0.3, 0.4) is 0 Å². The highest BCUT2D eigenvalue weighted by Crippen LogP contribution is 2.18. The summed E-state index contributed by atoms with van der Waals surface area (Å²) in [4.78, 5) is 31.0. The molecule has 0 radical (unpaired) electrons. The second-order valence-electron chi connectivity index (χ2n) is 7.06. The van der Waals surface area contributed by atoms with Gasteiger partial charge in [-0.05, 0) is 44.9 Å². The molecule has 3 rings (SSSR count). The molecule has 3 heterocycles. The molecule has 0 atom stereocenters. The first kappa shape index (κ1) is 19.1. The maximum absolute atomic E-state index is 12.5. The smallest absolute Gasteiger partial charge is 0.340 e. The third-order valence-corrected chi connectivity index (χ3v) is 5.13. The van der Waals surface area contributed by atoms with E-state index >= 15 is 0 Å². The maximum atomic E-state index is 12.5. The summed E-state index contributed by atoms with van der Waals surface area (Å²) < 4.78 is 7.36. The van der Waals surface area contributed by atoms with Crippen molar-refractivity contribution < 1.29 is 14.3 Å². The Labute approximate surface area is 160 Å². The van der Waals surface area contributed by atoms with E-state index in [0.717, 1.165) is 55.9 Å². The van der Waals surface area contributed by atoms with Crippen LogP contribution < -0.4 is 0 Å². The summed E-state index contributed by atoms with van der Waals surface area (Å²) in [6.45, 7) is 5.77. The third kappa shape index (κ3) is 4.76. The van der Waals surface area contributed by atoms with Crippen LogP contribution in [-0.4, -0.2) is 46.0 Å². The van der Waals surface area contributed by atoms with Crippen LogP contribution in [0.2, 0.25) is 0 Å². The highest BCUT2D eigenvalue weighted by Gasteiger charge is 2.21. The third-order valence-electron chi connectivity index (χ3n) is 5.13. The Morgan fingerprint density at radius 1 is 1.11 bits per heavy atom. The Balaban J connectivity index is 1.63. The van der Waals surface area contributed by atoms with Gasteiger partial charge >= 0.3 is 5.97 Å². The van der Waals surface area contributed by atoms with E-state index in [1.807, 2.05) is 47.6 Å². The van der Waals surface area contributed by atoms with E-state index in [-0.39, 0.29) is 12.5 Å². The van der Waals surface area contributed by atoms with E-state index < -0.39 is 5.97 Å². The second-order valence-corrected chi connectivity index (χ2v) is 7.06. The van der Waals surface area contributed by atoms with Crippen molar-refractivity contribution in [2.24, 2.45) is 0 Å². The Bertz CT molecular complexity index is 791. The predicted molar refractivity (Wildman–Crippen MR) is 103 cm³/mol. The maximum Gasteiger partial charge on any atom is 0.340 e. The number of rotatable bonds is 5. The van der Waals surface area contributed by atoms with Gasteiger partial charge in [-0.25, -0.2) is 4.79 Å². The van der Waals surface area contributed by atoms with Crippen molar-refractivity contribution in [3.8, 4) is 0 Å². The normalized spacial score (nSPS) is 14.7. The fourth-order valence-electron chi connectivity index (χ4n) is 3.52. The molecule has 0 unspecified atom stereocenters. The summed E-state index contributed by atoms with van der Waals surface area (Å²) >= 11 is 0. The molecule has 0 spiro atoms. The highest BCUT2D eigenvalue weighted by molar-refractivity contribution is 5.92. The number of likely N-dealkylation sites (tertiary alicyclic amines) is 1. The molecule has 6 nitrogen and oxygen atoms in total. The molecule has 1 aliphatic rings. The van der Waals surface area contributed by atoms with Gasteiger partial charge in [0.05, 0.1) is 17.8 Å². The first-order valence-electron chi connectivity index (χ1n) is 9.58. The molecule has 6 heteroatoms. The number of hydrogen-bond donors (Lipinski definition) is 0. The van der Waals surface area contributed by atoms with Crippen molar-refractivity contribution in [3.05, 3.63) is 53.1 Å². The van der Waals surface area contributed by atoms with Gasteiger partial charge in [-0.1, -0.05) is 18.9 Å². The summed E-state index contributed by atoms with van der Waals surface area (Å²) in [7, 11) is 0. The standard InChI is InChI=1S/C21H27N3O3/c1-16-13-19(17(2)24(16)14-18-9-5-6-10-22-18)21(26)27-15-20(25)23-11-7-3-4-8-12-23/h5-6,9-10,13H,3-4,7-8,11-12,14-15H2,1-2H3. The minimum atomic E-state index is -0.446. The van der Waals surface area contributed by atoms with Gasteiger partial charge in [-0.15, -0.1) is 0 Å². The molecular formula is C21H27N3O3. The summed E-state index contributed by atoms with van der Waals surface area (Å²) in [6, 6.07) is 7.59. The minimum absolute atomic E-state index is 0.104. The number of amides is 1. The number of carbonyl (C=O) groups is 2. The van der Waals surface area contributed by atoms with E-state index in [9.17, 15) is 9.59 Å². The van der Waals surface area contributed by atoms with Crippen LogP contribution in [0.1, 0.15) is 53.1 Å². The van der Waals surface area contributed by atoms with Gasteiger partial charge in [0, 0.05) is 30.7 Å². The molecule has 1 fully saturated rings. The van der Waals surface area contributed by atoms with E-state index in [0.29, 0.717) is 12.1 Å². The molecule has 0 bridgehead atoms. The molecule has 1 aliphatic heterocycles. The zero-order valence-corrected chi connectivity index (χ0v) is 16.1. The quantitative estimate of drug-likeness (QED) is 0.760. The van der Waals surface area contributed by atoms with Crippen molar-refractivity contribution in [1.82, 2.24) is 14.5 Å². The average Bonchev–Trinajstić information content (AvgIpc) is 2.88. The van der Waals surface area contributed by atoms with Gasteiger partial charge in [0.2, 0.25) is 0 Å². The van der Waals surface area contributed by atoms with Crippen LogP contribution in [-0.2, 0) is 16.1 Å². The molecule has 0 aliphatic carbocycles. The van der Waals surface area contributed by atoms with Crippen molar-refractivity contribution in [2.75, 3.05) is 19.7 Å². The average molecular weight is 369 g/mol. The van der Waals surface area contributed by atoms with Gasteiger partial charge in [0.1, 0.15) is 0 Å². The molecule has 0 N–H and O–H groups in total. The van der Waals surface area contributed by atoms with Crippen LogP contribution in [0.15, 0.2) is 30.5 Å². The van der Waals surface area contributed by atoms with E-state index in [2.05, 4.69) is 4.98 Å². The molecule has 1 amide bonds. The van der Waals surface area contributed by atoms with E-state index in [4.69, 9.17) is 4.74 Å². The first-order chi connectivity index (χ1) is 13.1. The number of hydrogen-bond acceptors (Lipinski definition) is 4. The lowest BCUT2D eigenvalue weighted by molar-refractivity contribution is -0.134. The molecule has 144 valence electrons. The van der Waals surface area contributed by atoms with E-state index in [1.54, 1.807) is 6.20 Å². The van der Waals surface area contributed by atoms with Crippen LogP contribution in [0.25, 0.3) is 0 Å². The van der Waals surface area contributed by atoms with Crippen LogP contribution in [0.4, 0.5) is 0 Å². The monoisotopic (exact) mass is 369 g/mol. The summed E-state index contributed by atoms with van der Waals surface area (Å²) in [6.07, 6.45) is 6.12. The van der Waals surface area contributed by atoms with Crippen molar-refractivity contribution in [2.45, 2.75) is 46.1 Å². The number of aromatic nitrogens is 2. The number of pyridine rings is 1. The fourth-order valence-corrected chi connectivity index (χ4v) is 3.52. The lowest BCUT2D eigenvalue weighted by Gasteiger charge is -2.19.